The van der Waals surface area contributed by atoms with E-state index in [2.05, 4.69) is 10.3 Å². The first-order valence-corrected chi connectivity index (χ1v) is 8.55. The van der Waals surface area contributed by atoms with Gasteiger partial charge in [-0.3, -0.25) is 4.79 Å². The molecular formula is C18H17Cl2N3O2. The zero-order valence-corrected chi connectivity index (χ0v) is 15.1. The largest absolute Gasteiger partial charge is 0.482 e. The summed E-state index contributed by atoms with van der Waals surface area (Å²) in [4.78, 5) is 16.4. The minimum absolute atomic E-state index is 0.105. The van der Waals surface area contributed by atoms with Crippen LogP contribution in [0.25, 0.3) is 5.65 Å². The number of carbonyl (C=O) groups excluding carboxylic acids is 1. The number of fused-ring (bicyclic) bond motifs is 1. The summed E-state index contributed by atoms with van der Waals surface area (Å²) < 4.78 is 7.36. The van der Waals surface area contributed by atoms with Gasteiger partial charge < -0.3 is 14.5 Å². The highest BCUT2D eigenvalue weighted by atomic mass is 35.5. The number of aryl methyl sites for hydroxylation is 1. The monoisotopic (exact) mass is 377 g/mol. The molecule has 3 aromatic rings. The third kappa shape index (κ3) is 4.65. The van der Waals surface area contributed by atoms with Crippen molar-refractivity contribution in [2.75, 3.05) is 13.2 Å². The lowest BCUT2D eigenvalue weighted by Gasteiger charge is -2.08. The molecule has 2 heterocycles. The molecule has 0 aliphatic heterocycles. The second-order valence-electron chi connectivity index (χ2n) is 5.67. The van der Waals surface area contributed by atoms with Gasteiger partial charge in [-0.05, 0) is 42.8 Å². The van der Waals surface area contributed by atoms with Crippen LogP contribution in [0.2, 0.25) is 10.0 Å². The van der Waals surface area contributed by atoms with E-state index in [1.165, 1.54) is 0 Å². The van der Waals surface area contributed by atoms with Crippen molar-refractivity contribution < 1.29 is 9.53 Å². The van der Waals surface area contributed by atoms with Crippen molar-refractivity contribution in [3.05, 3.63) is 64.0 Å². The average molecular weight is 378 g/mol. The average Bonchev–Trinajstić information content (AvgIpc) is 2.95. The van der Waals surface area contributed by atoms with Crippen molar-refractivity contribution in [2.45, 2.75) is 13.3 Å². The Hall–Kier alpha value is -2.24. The molecule has 5 nitrogen and oxygen atoms in total. The SMILES string of the molecule is Cc1ccn2cc(CCNC(=O)COc3ccc(Cl)cc3Cl)nc2c1. The lowest BCUT2D eigenvalue weighted by Crippen LogP contribution is -2.30. The minimum atomic E-state index is -0.217. The van der Waals surface area contributed by atoms with Gasteiger partial charge in [-0.25, -0.2) is 4.98 Å². The molecule has 1 N–H and O–H groups in total. The van der Waals surface area contributed by atoms with Crippen molar-refractivity contribution in [3.63, 3.8) is 0 Å². The van der Waals surface area contributed by atoms with Crippen LogP contribution < -0.4 is 10.1 Å². The van der Waals surface area contributed by atoms with E-state index in [-0.39, 0.29) is 12.5 Å². The summed E-state index contributed by atoms with van der Waals surface area (Å²) in [5.74, 6) is 0.211. The number of hydrogen-bond donors (Lipinski definition) is 1. The lowest BCUT2D eigenvalue weighted by molar-refractivity contribution is -0.123. The molecule has 1 aromatic carbocycles. The Morgan fingerprint density at radius 3 is 2.92 bits per heavy atom. The van der Waals surface area contributed by atoms with Gasteiger partial charge >= 0.3 is 0 Å². The number of nitrogens with one attached hydrogen (secondary N) is 1. The first kappa shape index (κ1) is 17.6. The van der Waals surface area contributed by atoms with Crippen LogP contribution in [-0.2, 0) is 11.2 Å². The number of amides is 1. The van der Waals surface area contributed by atoms with Gasteiger partial charge in [0.25, 0.3) is 5.91 Å². The summed E-state index contributed by atoms with van der Waals surface area (Å²) in [6, 6.07) is 8.91. The number of nitrogens with zero attached hydrogens (tertiary/aromatic N) is 2. The molecule has 25 heavy (non-hydrogen) atoms. The Kier molecular flexibility index (Phi) is 5.46. The normalized spacial score (nSPS) is 10.8. The number of halogens is 2. The Bertz CT molecular complexity index is 908. The number of rotatable bonds is 6. The van der Waals surface area contributed by atoms with Gasteiger partial charge in [-0.15, -0.1) is 0 Å². The van der Waals surface area contributed by atoms with Crippen molar-refractivity contribution in [1.29, 1.82) is 0 Å². The fourth-order valence-electron chi connectivity index (χ4n) is 2.37. The van der Waals surface area contributed by atoms with Crippen molar-refractivity contribution in [3.8, 4) is 5.75 Å². The molecule has 0 fully saturated rings. The van der Waals surface area contributed by atoms with Gasteiger partial charge in [-0.2, -0.15) is 0 Å². The number of ether oxygens (including phenoxy) is 1. The van der Waals surface area contributed by atoms with Crippen LogP contribution in [-0.4, -0.2) is 28.4 Å². The second kappa shape index (κ2) is 7.76. The van der Waals surface area contributed by atoms with E-state index in [0.29, 0.717) is 28.8 Å². The molecule has 0 aliphatic rings. The highest BCUT2D eigenvalue weighted by Crippen LogP contribution is 2.27. The van der Waals surface area contributed by atoms with E-state index in [1.807, 2.05) is 35.9 Å². The molecule has 2 aromatic heterocycles. The van der Waals surface area contributed by atoms with E-state index in [1.54, 1.807) is 18.2 Å². The topological polar surface area (TPSA) is 55.6 Å². The predicted molar refractivity (Wildman–Crippen MR) is 98.6 cm³/mol. The van der Waals surface area contributed by atoms with Crippen LogP contribution in [0.3, 0.4) is 0 Å². The molecule has 0 atom stereocenters. The van der Waals surface area contributed by atoms with E-state index >= 15 is 0 Å². The lowest BCUT2D eigenvalue weighted by atomic mass is 10.3. The maximum Gasteiger partial charge on any atom is 0.257 e. The third-order valence-electron chi connectivity index (χ3n) is 3.62. The standard InChI is InChI=1S/C18H17Cl2N3O2/c1-12-5-7-23-10-14(22-17(23)8-12)4-6-21-18(24)11-25-16-3-2-13(19)9-15(16)20/h2-3,5,7-10H,4,6,11H2,1H3,(H,21,24). The van der Waals surface area contributed by atoms with Gasteiger partial charge in [0.15, 0.2) is 6.61 Å². The highest BCUT2D eigenvalue weighted by Gasteiger charge is 2.07. The Morgan fingerprint density at radius 1 is 1.28 bits per heavy atom. The van der Waals surface area contributed by atoms with Crippen molar-refractivity contribution in [2.24, 2.45) is 0 Å². The van der Waals surface area contributed by atoms with E-state index < -0.39 is 0 Å². The molecular weight excluding hydrogens is 361 g/mol. The number of aromatic nitrogens is 2. The Balaban J connectivity index is 1.47. The van der Waals surface area contributed by atoms with Crippen LogP contribution in [0.1, 0.15) is 11.3 Å². The van der Waals surface area contributed by atoms with Gasteiger partial charge in [-0.1, -0.05) is 23.2 Å². The molecule has 0 saturated heterocycles. The summed E-state index contributed by atoms with van der Waals surface area (Å²) in [5.41, 5.74) is 2.99. The number of hydrogen-bond acceptors (Lipinski definition) is 3. The van der Waals surface area contributed by atoms with Crippen LogP contribution in [0.15, 0.2) is 42.7 Å². The predicted octanol–water partition coefficient (Wildman–Crippen LogP) is 3.69. The number of carbonyl (C=O) groups is 1. The maximum atomic E-state index is 11.9. The van der Waals surface area contributed by atoms with Gasteiger partial charge in [0.2, 0.25) is 0 Å². The fourth-order valence-corrected chi connectivity index (χ4v) is 2.84. The maximum absolute atomic E-state index is 11.9. The third-order valence-corrected chi connectivity index (χ3v) is 4.15. The van der Waals surface area contributed by atoms with Crippen LogP contribution in [0.4, 0.5) is 0 Å². The van der Waals surface area contributed by atoms with Gasteiger partial charge in [0.05, 0.1) is 10.7 Å². The van der Waals surface area contributed by atoms with Crippen LogP contribution in [0, 0.1) is 6.92 Å². The van der Waals surface area contributed by atoms with Crippen molar-refractivity contribution in [1.82, 2.24) is 14.7 Å². The molecule has 0 aliphatic carbocycles. The number of pyridine rings is 1. The molecule has 130 valence electrons. The van der Waals surface area contributed by atoms with E-state index in [9.17, 15) is 4.79 Å². The molecule has 3 rings (SSSR count). The Morgan fingerprint density at radius 2 is 2.12 bits per heavy atom. The fraction of sp³-hybridized carbons (Fsp3) is 0.222. The molecule has 0 saturated carbocycles. The summed E-state index contributed by atoms with van der Waals surface area (Å²) in [6.07, 6.45) is 4.59. The van der Waals surface area contributed by atoms with Crippen LogP contribution in [0.5, 0.6) is 5.75 Å². The quantitative estimate of drug-likeness (QED) is 0.712. The molecule has 0 unspecified atom stereocenters. The van der Waals surface area contributed by atoms with Gasteiger partial charge in [0, 0.05) is 30.4 Å². The summed E-state index contributed by atoms with van der Waals surface area (Å²) in [5, 5.41) is 3.70. The summed E-state index contributed by atoms with van der Waals surface area (Å²) in [7, 11) is 0. The van der Waals surface area contributed by atoms with Gasteiger partial charge in [0.1, 0.15) is 11.4 Å². The highest BCUT2D eigenvalue weighted by molar-refractivity contribution is 6.35. The zero-order chi connectivity index (χ0) is 17.8. The number of imidazole rings is 1. The Labute approximate surface area is 155 Å². The smallest absolute Gasteiger partial charge is 0.257 e. The molecule has 0 bridgehead atoms. The van der Waals surface area contributed by atoms with E-state index in [4.69, 9.17) is 27.9 Å². The minimum Gasteiger partial charge on any atom is -0.482 e. The zero-order valence-electron chi connectivity index (χ0n) is 13.6. The van der Waals surface area contributed by atoms with Crippen molar-refractivity contribution >= 4 is 34.8 Å². The molecule has 1 amide bonds. The number of benzene rings is 1. The van der Waals surface area contributed by atoms with Crippen LogP contribution >= 0.6 is 23.2 Å². The summed E-state index contributed by atoms with van der Waals surface area (Å²) in [6.45, 7) is 2.41. The second-order valence-corrected chi connectivity index (χ2v) is 6.51. The summed E-state index contributed by atoms with van der Waals surface area (Å²) >= 11 is 11.8. The first-order valence-electron chi connectivity index (χ1n) is 7.80. The molecule has 0 spiro atoms. The first-order chi connectivity index (χ1) is 12.0. The molecule has 7 heteroatoms. The van der Waals surface area contributed by atoms with E-state index in [0.717, 1.165) is 16.9 Å². The molecule has 0 radical (unpaired) electrons.